The number of hydrogen-bond donors (Lipinski definition) is 0. The van der Waals surface area contributed by atoms with E-state index in [1.165, 1.54) is 0 Å². The van der Waals surface area contributed by atoms with Gasteiger partial charge in [0, 0.05) is 5.54 Å². The van der Waals surface area contributed by atoms with Gasteiger partial charge in [-0.05, 0) is 37.8 Å². The predicted molar refractivity (Wildman–Crippen MR) is 69.1 cm³/mol. The summed E-state index contributed by atoms with van der Waals surface area (Å²) in [4.78, 5) is 23.8. The zero-order valence-electron chi connectivity index (χ0n) is 10.7. The molecule has 1 aromatic heterocycles. The summed E-state index contributed by atoms with van der Waals surface area (Å²) in [6.45, 7) is 6.12. The molecule has 0 fully saturated rings. The standard InChI is InChI=1S/C14H15NO3/c1-8-7-14(2,3)15-11-9(8)5-4-6-10(11)12(16)18-13(15)17/h4-6,8H,7H2,1-3H3/t8-/m0/s1. The van der Waals surface area contributed by atoms with Crippen molar-refractivity contribution in [1.29, 1.82) is 0 Å². The Kier molecular flexibility index (Phi) is 2.09. The van der Waals surface area contributed by atoms with Crippen molar-refractivity contribution in [3.05, 3.63) is 44.7 Å². The van der Waals surface area contributed by atoms with Crippen LogP contribution in [0, 0.1) is 0 Å². The molecule has 2 heterocycles. The molecule has 2 aromatic rings. The van der Waals surface area contributed by atoms with E-state index in [0.717, 1.165) is 17.5 Å². The third-order valence-electron chi connectivity index (χ3n) is 3.82. The smallest absolute Gasteiger partial charge is 0.372 e. The molecule has 1 aliphatic rings. The molecule has 0 radical (unpaired) electrons. The van der Waals surface area contributed by atoms with Crippen molar-refractivity contribution in [2.75, 3.05) is 0 Å². The van der Waals surface area contributed by atoms with Crippen LogP contribution in [0.1, 0.15) is 38.7 Å². The summed E-state index contributed by atoms with van der Waals surface area (Å²) < 4.78 is 6.45. The van der Waals surface area contributed by atoms with Crippen molar-refractivity contribution in [2.45, 2.75) is 38.6 Å². The number of nitrogens with zero attached hydrogens (tertiary/aromatic N) is 1. The van der Waals surface area contributed by atoms with E-state index in [9.17, 15) is 9.59 Å². The molecule has 1 aromatic carbocycles. The monoisotopic (exact) mass is 245 g/mol. The van der Waals surface area contributed by atoms with E-state index in [4.69, 9.17) is 4.42 Å². The van der Waals surface area contributed by atoms with Gasteiger partial charge in [0.1, 0.15) is 0 Å². The van der Waals surface area contributed by atoms with Gasteiger partial charge in [0.2, 0.25) is 0 Å². The third kappa shape index (κ3) is 1.32. The zero-order valence-corrected chi connectivity index (χ0v) is 10.7. The fraction of sp³-hybridized carbons (Fsp3) is 0.429. The number of benzene rings is 1. The van der Waals surface area contributed by atoms with Crippen molar-refractivity contribution in [3.63, 3.8) is 0 Å². The SMILES string of the molecule is C[C@H]1CC(C)(C)n2c(=O)oc(=O)c3cccc1c32. The summed E-state index contributed by atoms with van der Waals surface area (Å²) in [5, 5.41) is 0.492. The number of rotatable bonds is 0. The predicted octanol–water partition coefficient (Wildman–Crippen LogP) is 2.20. The molecule has 0 spiro atoms. The maximum Gasteiger partial charge on any atom is 0.422 e. The van der Waals surface area contributed by atoms with Crippen LogP contribution in [-0.4, -0.2) is 4.57 Å². The van der Waals surface area contributed by atoms with E-state index in [-0.39, 0.29) is 5.54 Å². The summed E-state index contributed by atoms with van der Waals surface area (Å²) >= 11 is 0. The lowest BCUT2D eigenvalue weighted by molar-refractivity contribution is 0.256. The van der Waals surface area contributed by atoms with Crippen molar-refractivity contribution >= 4 is 10.9 Å². The Morgan fingerprint density at radius 3 is 2.78 bits per heavy atom. The Morgan fingerprint density at radius 2 is 2.06 bits per heavy atom. The third-order valence-corrected chi connectivity index (χ3v) is 3.82. The van der Waals surface area contributed by atoms with Crippen LogP contribution in [0.4, 0.5) is 0 Å². The van der Waals surface area contributed by atoms with Gasteiger partial charge in [-0.25, -0.2) is 9.59 Å². The molecule has 0 saturated carbocycles. The molecular formula is C14H15NO3. The Morgan fingerprint density at radius 1 is 1.33 bits per heavy atom. The van der Waals surface area contributed by atoms with Crippen LogP contribution < -0.4 is 11.4 Å². The minimum absolute atomic E-state index is 0.324. The fourth-order valence-corrected chi connectivity index (χ4v) is 3.14. The average Bonchev–Trinajstić information content (AvgIpc) is 2.26. The summed E-state index contributed by atoms with van der Waals surface area (Å²) in [6, 6.07) is 5.55. The lowest BCUT2D eigenvalue weighted by Crippen LogP contribution is -2.42. The topological polar surface area (TPSA) is 52.2 Å². The Balaban J connectivity index is 2.64. The minimum atomic E-state index is -0.558. The van der Waals surface area contributed by atoms with Gasteiger partial charge in [-0.15, -0.1) is 0 Å². The summed E-state index contributed by atoms with van der Waals surface area (Å²) in [6.07, 6.45) is 0.854. The number of hydrogen-bond acceptors (Lipinski definition) is 3. The lowest BCUT2D eigenvalue weighted by Gasteiger charge is -2.36. The molecule has 1 aliphatic heterocycles. The molecule has 18 heavy (non-hydrogen) atoms. The lowest BCUT2D eigenvalue weighted by atomic mass is 9.82. The Bertz CT molecular complexity index is 752. The van der Waals surface area contributed by atoms with Crippen molar-refractivity contribution in [3.8, 4) is 0 Å². The number of aromatic nitrogens is 1. The van der Waals surface area contributed by atoms with Crippen LogP contribution in [0.3, 0.4) is 0 Å². The maximum absolute atomic E-state index is 12.0. The van der Waals surface area contributed by atoms with Crippen LogP contribution >= 0.6 is 0 Å². The molecule has 1 atom stereocenters. The van der Waals surface area contributed by atoms with E-state index in [2.05, 4.69) is 6.92 Å². The first kappa shape index (κ1) is 11.3. The van der Waals surface area contributed by atoms with E-state index in [0.29, 0.717) is 11.3 Å². The van der Waals surface area contributed by atoms with Gasteiger partial charge in [-0.3, -0.25) is 4.57 Å². The second-order valence-electron chi connectivity index (χ2n) is 5.65. The van der Waals surface area contributed by atoms with Gasteiger partial charge in [-0.2, -0.15) is 0 Å². The molecule has 0 unspecified atom stereocenters. The largest absolute Gasteiger partial charge is 0.422 e. The van der Waals surface area contributed by atoms with Crippen molar-refractivity contribution in [1.82, 2.24) is 4.57 Å². The molecule has 0 N–H and O–H groups in total. The Hall–Kier alpha value is -1.84. The highest BCUT2D eigenvalue weighted by molar-refractivity contribution is 5.82. The van der Waals surface area contributed by atoms with Gasteiger partial charge < -0.3 is 4.42 Å². The highest BCUT2D eigenvalue weighted by Crippen LogP contribution is 2.39. The molecular weight excluding hydrogens is 230 g/mol. The van der Waals surface area contributed by atoms with Gasteiger partial charge in [0.15, 0.2) is 0 Å². The van der Waals surface area contributed by atoms with E-state index in [1.807, 2.05) is 26.0 Å². The quantitative estimate of drug-likeness (QED) is 0.715. The number of para-hydroxylation sites is 1. The highest BCUT2D eigenvalue weighted by atomic mass is 16.4. The van der Waals surface area contributed by atoms with Crippen molar-refractivity contribution in [2.24, 2.45) is 0 Å². The summed E-state index contributed by atoms with van der Waals surface area (Å²) in [5.41, 5.74) is 0.914. The molecule has 0 saturated heterocycles. The molecule has 94 valence electrons. The van der Waals surface area contributed by atoms with Gasteiger partial charge in [0.25, 0.3) is 0 Å². The molecule has 4 heteroatoms. The second-order valence-corrected chi connectivity index (χ2v) is 5.65. The van der Waals surface area contributed by atoms with Crippen molar-refractivity contribution < 1.29 is 4.42 Å². The molecule has 0 aliphatic carbocycles. The van der Waals surface area contributed by atoms with Crippen LogP contribution in [-0.2, 0) is 5.54 Å². The second kappa shape index (κ2) is 3.34. The normalized spacial score (nSPS) is 21.2. The molecule has 4 nitrogen and oxygen atoms in total. The first-order chi connectivity index (χ1) is 8.42. The molecule has 3 rings (SSSR count). The van der Waals surface area contributed by atoms with E-state index < -0.39 is 11.4 Å². The van der Waals surface area contributed by atoms with Crippen LogP contribution in [0.2, 0.25) is 0 Å². The van der Waals surface area contributed by atoms with Crippen LogP contribution in [0.15, 0.2) is 32.2 Å². The first-order valence-corrected chi connectivity index (χ1v) is 6.11. The Labute approximate surface area is 104 Å². The van der Waals surface area contributed by atoms with Gasteiger partial charge in [-0.1, -0.05) is 19.1 Å². The van der Waals surface area contributed by atoms with E-state index >= 15 is 0 Å². The van der Waals surface area contributed by atoms with Gasteiger partial charge in [0.05, 0.1) is 10.9 Å². The van der Waals surface area contributed by atoms with Crippen LogP contribution in [0.5, 0.6) is 0 Å². The minimum Gasteiger partial charge on any atom is -0.372 e. The zero-order chi connectivity index (χ0) is 13.1. The average molecular weight is 245 g/mol. The summed E-state index contributed by atoms with van der Waals surface area (Å²) in [5.74, 6) is -0.234. The first-order valence-electron chi connectivity index (χ1n) is 6.11. The molecule has 0 bridgehead atoms. The van der Waals surface area contributed by atoms with E-state index in [1.54, 1.807) is 10.6 Å². The van der Waals surface area contributed by atoms with Crippen LogP contribution in [0.25, 0.3) is 10.9 Å². The highest BCUT2D eigenvalue weighted by Gasteiger charge is 2.34. The fourth-order valence-electron chi connectivity index (χ4n) is 3.14. The maximum atomic E-state index is 12.0. The molecule has 0 amide bonds. The summed E-state index contributed by atoms with van der Waals surface area (Å²) in [7, 11) is 0. The van der Waals surface area contributed by atoms with Gasteiger partial charge >= 0.3 is 11.4 Å².